The fourth-order valence-electron chi connectivity index (χ4n) is 1.35. The molecular weight excluding hydrogens is 222 g/mol. The number of hydrogen-bond acceptors (Lipinski definition) is 7. The van der Waals surface area contributed by atoms with Crippen LogP contribution in [0.15, 0.2) is 23.0 Å². The van der Waals surface area contributed by atoms with Gasteiger partial charge < -0.3 is 15.0 Å². The minimum absolute atomic E-state index is 0.306. The van der Waals surface area contributed by atoms with Gasteiger partial charge in [0.1, 0.15) is 5.54 Å². The highest BCUT2D eigenvalue weighted by molar-refractivity contribution is 5.49. The van der Waals surface area contributed by atoms with Gasteiger partial charge in [-0.1, -0.05) is 5.16 Å². The third kappa shape index (κ3) is 2.45. The Morgan fingerprint density at radius 3 is 2.94 bits per heavy atom. The number of aromatic nitrogens is 4. The van der Waals surface area contributed by atoms with Gasteiger partial charge in [-0.05, 0) is 13.0 Å². The van der Waals surface area contributed by atoms with Gasteiger partial charge >= 0.3 is 0 Å². The lowest BCUT2D eigenvalue weighted by Gasteiger charge is -2.18. The van der Waals surface area contributed by atoms with Crippen molar-refractivity contribution in [3.63, 3.8) is 0 Å². The van der Waals surface area contributed by atoms with Crippen molar-refractivity contribution in [2.75, 3.05) is 13.7 Å². The Hall–Kier alpha value is -1.86. The second-order valence-corrected chi connectivity index (χ2v) is 3.90. The molecule has 90 valence electrons. The van der Waals surface area contributed by atoms with E-state index >= 15 is 0 Å². The summed E-state index contributed by atoms with van der Waals surface area (Å²) < 4.78 is 10.1. The molecule has 2 aromatic heterocycles. The molecule has 7 nitrogen and oxygen atoms in total. The molecule has 0 aliphatic rings. The number of rotatable bonds is 4. The number of methoxy groups -OCH3 is 1. The molecule has 0 aromatic carbocycles. The van der Waals surface area contributed by atoms with E-state index in [0.717, 1.165) is 0 Å². The Morgan fingerprint density at radius 2 is 2.29 bits per heavy atom. The Morgan fingerprint density at radius 1 is 1.47 bits per heavy atom. The summed E-state index contributed by atoms with van der Waals surface area (Å²) in [6.07, 6.45) is 3.09. The largest absolute Gasteiger partial charge is 0.382 e. The van der Waals surface area contributed by atoms with Gasteiger partial charge in [0.25, 0.3) is 5.89 Å². The van der Waals surface area contributed by atoms with Crippen molar-refractivity contribution in [1.82, 2.24) is 20.3 Å². The van der Waals surface area contributed by atoms with Crippen LogP contribution in [-0.4, -0.2) is 34.1 Å². The minimum atomic E-state index is -0.781. The van der Waals surface area contributed by atoms with Gasteiger partial charge in [-0.15, -0.1) is 0 Å². The predicted molar refractivity (Wildman–Crippen MR) is 58.7 cm³/mol. The highest BCUT2D eigenvalue weighted by Gasteiger charge is 2.27. The summed E-state index contributed by atoms with van der Waals surface area (Å²) in [5, 5.41) is 11.3. The van der Waals surface area contributed by atoms with Crippen molar-refractivity contribution in [3.05, 3.63) is 24.3 Å². The zero-order valence-corrected chi connectivity index (χ0v) is 9.62. The van der Waals surface area contributed by atoms with E-state index in [4.69, 9.17) is 15.0 Å². The maximum absolute atomic E-state index is 6.00. The lowest BCUT2D eigenvalue weighted by molar-refractivity contribution is 0.135. The molecule has 0 aliphatic carbocycles. The quantitative estimate of drug-likeness (QED) is 0.815. The van der Waals surface area contributed by atoms with Gasteiger partial charge in [0.2, 0.25) is 0 Å². The number of ether oxygens (including phenoxy) is 1. The summed E-state index contributed by atoms with van der Waals surface area (Å²) in [5.74, 6) is 0.758. The first-order valence-electron chi connectivity index (χ1n) is 5.02. The van der Waals surface area contributed by atoms with Crippen LogP contribution >= 0.6 is 0 Å². The van der Waals surface area contributed by atoms with Gasteiger partial charge in [-0.25, -0.2) is 0 Å². The summed E-state index contributed by atoms with van der Waals surface area (Å²) in [7, 11) is 1.57. The van der Waals surface area contributed by atoms with Crippen LogP contribution in [0.1, 0.15) is 12.7 Å². The number of nitrogens with zero attached hydrogens (tertiary/aromatic N) is 4. The minimum Gasteiger partial charge on any atom is -0.382 e. The molecule has 2 N–H and O–H groups in total. The molecule has 0 saturated carbocycles. The van der Waals surface area contributed by atoms with Gasteiger partial charge in [-0.2, -0.15) is 15.2 Å². The first-order chi connectivity index (χ1) is 8.13. The second-order valence-electron chi connectivity index (χ2n) is 3.90. The van der Waals surface area contributed by atoms with Gasteiger partial charge in [0.05, 0.1) is 24.6 Å². The Kier molecular flexibility index (Phi) is 3.12. The van der Waals surface area contributed by atoms with Crippen molar-refractivity contribution in [3.8, 4) is 11.5 Å². The summed E-state index contributed by atoms with van der Waals surface area (Å²) >= 11 is 0. The Labute approximate surface area is 98.0 Å². The van der Waals surface area contributed by atoms with Crippen molar-refractivity contribution in [2.45, 2.75) is 12.5 Å². The lowest BCUT2D eigenvalue weighted by atomic mass is 10.1. The topological polar surface area (TPSA) is 100.0 Å². The van der Waals surface area contributed by atoms with Crippen LogP contribution in [-0.2, 0) is 10.3 Å². The second kappa shape index (κ2) is 4.56. The van der Waals surface area contributed by atoms with Crippen LogP contribution in [0, 0.1) is 0 Å². The van der Waals surface area contributed by atoms with Gasteiger partial charge in [0, 0.05) is 7.11 Å². The monoisotopic (exact) mass is 235 g/mol. The maximum Gasteiger partial charge on any atom is 0.259 e. The van der Waals surface area contributed by atoms with Crippen LogP contribution in [0.25, 0.3) is 11.5 Å². The SMILES string of the molecule is COCC(C)(N)c1noc(-c2ccnnc2)n1. The number of hydrogen-bond donors (Lipinski definition) is 1. The molecule has 0 amide bonds. The van der Waals surface area contributed by atoms with E-state index in [1.807, 2.05) is 0 Å². The third-order valence-corrected chi connectivity index (χ3v) is 2.21. The molecule has 0 aliphatic heterocycles. The fourth-order valence-corrected chi connectivity index (χ4v) is 1.35. The van der Waals surface area contributed by atoms with Crippen LogP contribution in [0.4, 0.5) is 0 Å². The van der Waals surface area contributed by atoms with Crippen LogP contribution in [0.5, 0.6) is 0 Å². The first kappa shape index (κ1) is 11.6. The maximum atomic E-state index is 6.00. The van der Waals surface area contributed by atoms with E-state index < -0.39 is 5.54 Å². The molecule has 2 rings (SSSR count). The number of nitrogens with two attached hydrogens (primary N) is 1. The standard InChI is InChI=1S/C10H13N5O2/c1-10(11,6-16-2)9-14-8(17-15-9)7-3-4-12-13-5-7/h3-5H,6,11H2,1-2H3. The molecule has 0 radical (unpaired) electrons. The lowest BCUT2D eigenvalue weighted by Crippen LogP contribution is -2.38. The van der Waals surface area contributed by atoms with E-state index in [1.54, 1.807) is 32.5 Å². The average molecular weight is 235 g/mol. The van der Waals surface area contributed by atoms with Crippen LogP contribution < -0.4 is 5.73 Å². The summed E-state index contributed by atoms with van der Waals surface area (Å²) in [4.78, 5) is 4.22. The summed E-state index contributed by atoms with van der Waals surface area (Å²) in [6, 6.07) is 1.73. The molecule has 1 atom stereocenters. The summed E-state index contributed by atoms with van der Waals surface area (Å²) in [5.41, 5.74) is 5.92. The Bertz CT molecular complexity index is 482. The van der Waals surface area contributed by atoms with Crippen molar-refractivity contribution >= 4 is 0 Å². The molecule has 0 spiro atoms. The van der Waals surface area contributed by atoms with Crippen LogP contribution in [0.2, 0.25) is 0 Å². The van der Waals surface area contributed by atoms with Gasteiger partial charge in [-0.3, -0.25) is 0 Å². The highest BCUT2D eigenvalue weighted by atomic mass is 16.5. The van der Waals surface area contributed by atoms with Crippen molar-refractivity contribution in [2.24, 2.45) is 5.73 Å². The van der Waals surface area contributed by atoms with E-state index in [-0.39, 0.29) is 0 Å². The zero-order valence-electron chi connectivity index (χ0n) is 9.62. The molecule has 0 saturated heterocycles. The van der Waals surface area contributed by atoms with Crippen molar-refractivity contribution < 1.29 is 9.26 Å². The normalized spacial score (nSPS) is 14.5. The third-order valence-electron chi connectivity index (χ3n) is 2.21. The first-order valence-corrected chi connectivity index (χ1v) is 5.02. The van der Waals surface area contributed by atoms with E-state index in [2.05, 4.69) is 20.3 Å². The van der Waals surface area contributed by atoms with E-state index in [9.17, 15) is 0 Å². The smallest absolute Gasteiger partial charge is 0.259 e. The molecule has 2 aromatic rings. The van der Waals surface area contributed by atoms with E-state index in [1.165, 1.54) is 0 Å². The molecule has 0 bridgehead atoms. The molecule has 17 heavy (non-hydrogen) atoms. The van der Waals surface area contributed by atoms with Crippen molar-refractivity contribution in [1.29, 1.82) is 0 Å². The fraction of sp³-hybridized carbons (Fsp3) is 0.400. The Balaban J connectivity index is 2.28. The van der Waals surface area contributed by atoms with Crippen LogP contribution in [0.3, 0.4) is 0 Å². The molecule has 0 fully saturated rings. The summed E-state index contributed by atoms with van der Waals surface area (Å²) in [6.45, 7) is 2.08. The zero-order chi connectivity index (χ0) is 12.3. The van der Waals surface area contributed by atoms with Gasteiger partial charge in [0.15, 0.2) is 5.82 Å². The average Bonchev–Trinajstić information content (AvgIpc) is 2.80. The molecular formula is C10H13N5O2. The molecule has 2 heterocycles. The molecule has 1 unspecified atom stereocenters. The highest BCUT2D eigenvalue weighted by Crippen LogP contribution is 2.20. The van der Waals surface area contributed by atoms with E-state index in [0.29, 0.717) is 23.9 Å². The molecule has 7 heteroatoms. The predicted octanol–water partition coefficient (Wildman–Crippen LogP) is 0.347.